The molecule has 0 unspecified atom stereocenters. The smallest absolute Gasteiger partial charge is 0.284 e. The second kappa shape index (κ2) is 9.67. The summed E-state index contributed by atoms with van der Waals surface area (Å²) in [6.07, 6.45) is 1.40. The fraction of sp³-hybridized carbons (Fsp3) is 0.524. The molecule has 1 aliphatic heterocycles. The molecule has 2 aromatic rings. The van der Waals surface area contributed by atoms with Gasteiger partial charge in [0.05, 0.1) is 17.1 Å². The van der Waals surface area contributed by atoms with E-state index in [9.17, 15) is 19.3 Å². The van der Waals surface area contributed by atoms with Crippen LogP contribution in [-0.2, 0) is 9.59 Å². The van der Waals surface area contributed by atoms with E-state index in [1.165, 1.54) is 0 Å². The number of nitrogens with two attached hydrogens (primary N) is 1. The number of rotatable bonds is 10. The Labute approximate surface area is 179 Å². The van der Waals surface area contributed by atoms with Gasteiger partial charge in [0.1, 0.15) is 12.6 Å². The Morgan fingerprint density at radius 1 is 1.35 bits per heavy atom. The Bertz CT molecular complexity index is 985. The van der Waals surface area contributed by atoms with Gasteiger partial charge >= 0.3 is 0 Å². The van der Waals surface area contributed by atoms with Crippen LogP contribution in [0.5, 0.6) is 0 Å². The normalized spacial score (nSPS) is 18.0. The standard InChI is InChI=1S/C21H28N6O4/c1-12(2)9-17(27-16-6-4-3-5-15(16)26-19(27)18(22)28)21(30)25-14(11-24-31)10-13-7-8-23-20(13)29/h3-6,12-14,17H,7-11H2,1-2H3,(H2,22,28)(H,23,29)(H,25,30)/t13-,14-,17-/m0/s1. The molecule has 10 heteroatoms. The van der Waals surface area contributed by atoms with Crippen LogP contribution in [0.4, 0.5) is 0 Å². The summed E-state index contributed by atoms with van der Waals surface area (Å²) in [6.45, 7) is 4.38. The highest BCUT2D eigenvalue weighted by Gasteiger charge is 2.32. The van der Waals surface area contributed by atoms with Crippen LogP contribution in [0, 0.1) is 16.7 Å². The molecule has 10 nitrogen and oxygen atoms in total. The van der Waals surface area contributed by atoms with Gasteiger partial charge in [-0.1, -0.05) is 31.2 Å². The number of benzene rings is 1. The van der Waals surface area contributed by atoms with E-state index in [1.807, 2.05) is 13.8 Å². The van der Waals surface area contributed by atoms with Crippen LogP contribution in [-0.4, -0.2) is 46.4 Å². The summed E-state index contributed by atoms with van der Waals surface area (Å²) in [5.74, 6) is -1.33. The van der Waals surface area contributed by atoms with Crippen LogP contribution in [0.25, 0.3) is 11.0 Å². The molecule has 0 spiro atoms. The number of hydrogen-bond donors (Lipinski definition) is 3. The van der Waals surface area contributed by atoms with Crippen molar-refractivity contribution < 1.29 is 14.4 Å². The number of nitrogens with zero attached hydrogens (tertiary/aromatic N) is 3. The number of hydrogen-bond acceptors (Lipinski definition) is 6. The van der Waals surface area contributed by atoms with Crippen molar-refractivity contribution in [3.05, 3.63) is 35.0 Å². The van der Waals surface area contributed by atoms with Crippen molar-refractivity contribution >= 4 is 28.8 Å². The van der Waals surface area contributed by atoms with Crippen LogP contribution in [0.15, 0.2) is 29.4 Å². The maximum Gasteiger partial charge on any atom is 0.284 e. The highest BCUT2D eigenvalue weighted by molar-refractivity contribution is 5.95. The molecule has 1 aliphatic rings. The second-order valence-electron chi connectivity index (χ2n) is 8.33. The average molecular weight is 428 g/mol. The third kappa shape index (κ3) is 5.07. The molecule has 1 aromatic heterocycles. The summed E-state index contributed by atoms with van der Waals surface area (Å²) >= 11 is 0. The van der Waals surface area contributed by atoms with Gasteiger partial charge in [-0.2, -0.15) is 4.91 Å². The number of para-hydroxylation sites is 2. The molecular weight excluding hydrogens is 400 g/mol. The molecule has 0 bridgehead atoms. The molecule has 0 aliphatic carbocycles. The van der Waals surface area contributed by atoms with Gasteiger partial charge < -0.3 is 20.9 Å². The van der Waals surface area contributed by atoms with Gasteiger partial charge in [-0.05, 0) is 37.3 Å². The predicted molar refractivity (Wildman–Crippen MR) is 115 cm³/mol. The minimum absolute atomic E-state index is 0.00207. The lowest BCUT2D eigenvalue weighted by Gasteiger charge is -2.25. The third-order valence-electron chi connectivity index (χ3n) is 5.50. The first-order valence-corrected chi connectivity index (χ1v) is 10.5. The lowest BCUT2D eigenvalue weighted by molar-refractivity contribution is -0.126. The topological polar surface area (TPSA) is 149 Å². The van der Waals surface area contributed by atoms with Gasteiger partial charge in [-0.3, -0.25) is 14.4 Å². The van der Waals surface area contributed by atoms with Crippen LogP contribution in [0.3, 0.4) is 0 Å². The van der Waals surface area contributed by atoms with Crippen molar-refractivity contribution in [2.75, 3.05) is 13.1 Å². The SMILES string of the molecule is CC(C)C[C@@H](C(=O)N[C@H](CN=O)C[C@@H]1CCNC1=O)n1c(C(N)=O)nc2ccccc21. The molecule has 31 heavy (non-hydrogen) atoms. The van der Waals surface area contributed by atoms with Crippen molar-refractivity contribution in [2.24, 2.45) is 22.7 Å². The van der Waals surface area contributed by atoms with E-state index in [2.05, 4.69) is 20.8 Å². The molecule has 3 rings (SSSR count). The first-order chi connectivity index (χ1) is 14.8. The zero-order valence-electron chi connectivity index (χ0n) is 17.7. The largest absolute Gasteiger partial charge is 0.363 e. The molecule has 0 radical (unpaired) electrons. The number of nitroso groups, excluding NO2 is 1. The maximum absolute atomic E-state index is 13.4. The van der Waals surface area contributed by atoms with Gasteiger partial charge in [-0.25, -0.2) is 4.98 Å². The molecule has 1 aromatic carbocycles. The Morgan fingerprint density at radius 3 is 2.71 bits per heavy atom. The van der Waals surface area contributed by atoms with Gasteiger partial charge in [0.15, 0.2) is 0 Å². The zero-order valence-corrected chi connectivity index (χ0v) is 17.7. The van der Waals surface area contributed by atoms with Gasteiger partial charge in [0.25, 0.3) is 5.91 Å². The fourth-order valence-electron chi connectivity index (χ4n) is 4.09. The number of carbonyl (C=O) groups is 3. The lowest BCUT2D eigenvalue weighted by atomic mass is 9.97. The number of primary amides is 1. The van der Waals surface area contributed by atoms with Crippen LogP contribution in [0.1, 0.15) is 49.8 Å². The average Bonchev–Trinajstić information content (AvgIpc) is 3.29. The molecule has 4 N–H and O–H groups in total. The first-order valence-electron chi connectivity index (χ1n) is 10.5. The van der Waals surface area contributed by atoms with E-state index in [0.29, 0.717) is 36.8 Å². The summed E-state index contributed by atoms with van der Waals surface area (Å²) in [4.78, 5) is 52.7. The van der Waals surface area contributed by atoms with Crippen LogP contribution >= 0.6 is 0 Å². The molecule has 0 saturated carbocycles. The molecule has 2 heterocycles. The molecule has 3 amide bonds. The van der Waals surface area contributed by atoms with Crippen LogP contribution < -0.4 is 16.4 Å². The minimum atomic E-state index is -0.763. The summed E-state index contributed by atoms with van der Waals surface area (Å²) < 4.78 is 1.57. The summed E-state index contributed by atoms with van der Waals surface area (Å²) in [5.41, 5.74) is 6.75. The molecular formula is C21H28N6O4. The summed E-state index contributed by atoms with van der Waals surface area (Å²) in [7, 11) is 0. The summed E-state index contributed by atoms with van der Waals surface area (Å²) in [6, 6.07) is 5.78. The van der Waals surface area contributed by atoms with Crippen molar-refractivity contribution in [1.82, 2.24) is 20.2 Å². The van der Waals surface area contributed by atoms with E-state index >= 15 is 0 Å². The Kier molecular flexibility index (Phi) is 6.98. The molecule has 1 fully saturated rings. The number of nitrogens with one attached hydrogen (secondary N) is 2. The Balaban J connectivity index is 1.93. The fourth-order valence-corrected chi connectivity index (χ4v) is 4.09. The zero-order chi connectivity index (χ0) is 22.5. The van der Waals surface area contributed by atoms with E-state index in [0.717, 1.165) is 0 Å². The van der Waals surface area contributed by atoms with E-state index in [-0.39, 0.29) is 36.0 Å². The number of carbonyl (C=O) groups excluding carboxylic acids is 3. The quantitative estimate of drug-likeness (QED) is 0.490. The van der Waals surface area contributed by atoms with Gasteiger partial charge in [0, 0.05) is 12.5 Å². The van der Waals surface area contributed by atoms with Crippen molar-refractivity contribution in [3.8, 4) is 0 Å². The number of fused-ring (bicyclic) bond motifs is 1. The maximum atomic E-state index is 13.4. The predicted octanol–water partition coefficient (Wildman–Crippen LogP) is 1.50. The number of amides is 3. The highest BCUT2D eigenvalue weighted by atomic mass is 16.3. The van der Waals surface area contributed by atoms with E-state index < -0.39 is 18.0 Å². The first kappa shape index (κ1) is 22.4. The number of imidazole rings is 1. The Hall–Kier alpha value is -3.30. The van der Waals surface area contributed by atoms with E-state index in [1.54, 1.807) is 28.8 Å². The van der Waals surface area contributed by atoms with Gasteiger partial charge in [-0.15, -0.1) is 0 Å². The monoisotopic (exact) mass is 428 g/mol. The number of aromatic nitrogens is 2. The van der Waals surface area contributed by atoms with Crippen molar-refractivity contribution in [3.63, 3.8) is 0 Å². The Morgan fingerprint density at radius 2 is 2.10 bits per heavy atom. The minimum Gasteiger partial charge on any atom is -0.363 e. The third-order valence-corrected chi connectivity index (χ3v) is 5.50. The molecule has 166 valence electrons. The highest BCUT2D eigenvalue weighted by Crippen LogP contribution is 2.27. The summed E-state index contributed by atoms with van der Waals surface area (Å²) in [5, 5.41) is 8.58. The van der Waals surface area contributed by atoms with Crippen LogP contribution in [0.2, 0.25) is 0 Å². The molecule has 1 saturated heterocycles. The van der Waals surface area contributed by atoms with Crippen molar-refractivity contribution in [2.45, 2.75) is 45.2 Å². The lowest BCUT2D eigenvalue weighted by Crippen LogP contribution is -2.44. The second-order valence-corrected chi connectivity index (χ2v) is 8.33. The van der Waals surface area contributed by atoms with Crippen molar-refractivity contribution in [1.29, 1.82) is 0 Å². The van der Waals surface area contributed by atoms with Gasteiger partial charge in [0.2, 0.25) is 17.6 Å². The molecule has 3 atom stereocenters. The van der Waals surface area contributed by atoms with E-state index in [4.69, 9.17) is 5.73 Å².